The molecule has 0 amide bonds. The quantitative estimate of drug-likeness (QED) is 0.636. The standard InChI is InChI=1S/C8H7N3O2/c12-7-9-8(13)11(10-7)6-4-2-1-3-5-6/h1-5H,(H2,9,10,12,13). The average Bonchev–Trinajstić information content (AvgIpc) is 2.47. The van der Waals surface area contributed by atoms with Crippen molar-refractivity contribution < 1.29 is 0 Å². The second-order valence-corrected chi connectivity index (χ2v) is 2.54. The van der Waals surface area contributed by atoms with E-state index in [1.807, 2.05) is 6.07 Å². The summed E-state index contributed by atoms with van der Waals surface area (Å²) >= 11 is 0. The zero-order chi connectivity index (χ0) is 9.26. The summed E-state index contributed by atoms with van der Waals surface area (Å²) in [6.45, 7) is 0. The van der Waals surface area contributed by atoms with E-state index in [0.29, 0.717) is 5.69 Å². The van der Waals surface area contributed by atoms with Crippen LogP contribution in [0.1, 0.15) is 0 Å². The summed E-state index contributed by atoms with van der Waals surface area (Å²) in [6.07, 6.45) is 0. The van der Waals surface area contributed by atoms with Crippen molar-refractivity contribution in [2.24, 2.45) is 0 Å². The first kappa shape index (κ1) is 7.60. The maximum absolute atomic E-state index is 11.1. The van der Waals surface area contributed by atoms with Crippen LogP contribution >= 0.6 is 0 Å². The lowest BCUT2D eigenvalue weighted by atomic mass is 10.3. The van der Waals surface area contributed by atoms with E-state index in [0.717, 1.165) is 4.68 Å². The molecule has 1 aromatic carbocycles. The Hall–Kier alpha value is -2.04. The van der Waals surface area contributed by atoms with Crippen LogP contribution in [0, 0.1) is 0 Å². The molecule has 0 atom stereocenters. The second-order valence-electron chi connectivity index (χ2n) is 2.54. The van der Waals surface area contributed by atoms with Crippen LogP contribution < -0.4 is 11.4 Å². The molecule has 2 aromatic rings. The zero-order valence-electron chi connectivity index (χ0n) is 6.65. The molecule has 66 valence electrons. The highest BCUT2D eigenvalue weighted by molar-refractivity contribution is 5.28. The summed E-state index contributed by atoms with van der Waals surface area (Å²) in [5.74, 6) is 0. The van der Waals surface area contributed by atoms with Crippen LogP contribution in [0.15, 0.2) is 39.9 Å². The third-order valence-corrected chi connectivity index (χ3v) is 1.65. The Morgan fingerprint density at radius 1 is 1.08 bits per heavy atom. The van der Waals surface area contributed by atoms with Gasteiger partial charge in [0, 0.05) is 0 Å². The summed E-state index contributed by atoms with van der Waals surface area (Å²) in [7, 11) is 0. The molecule has 0 aliphatic rings. The maximum Gasteiger partial charge on any atom is 0.349 e. The lowest BCUT2D eigenvalue weighted by Gasteiger charge is -1.96. The maximum atomic E-state index is 11.1. The molecular weight excluding hydrogens is 170 g/mol. The molecule has 5 heteroatoms. The number of hydrogen-bond donors (Lipinski definition) is 2. The molecule has 2 N–H and O–H groups in total. The zero-order valence-corrected chi connectivity index (χ0v) is 6.65. The number of hydrogen-bond acceptors (Lipinski definition) is 2. The number of nitrogens with one attached hydrogen (secondary N) is 2. The van der Waals surface area contributed by atoms with E-state index in [1.54, 1.807) is 24.3 Å². The molecule has 1 aromatic heterocycles. The summed E-state index contributed by atoms with van der Waals surface area (Å²) in [5.41, 5.74) is -0.337. The van der Waals surface area contributed by atoms with Crippen LogP contribution in [-0.4, -0.2) is 14.8 Å². The van der Waals surface area contributed by atoms with E-state index >= 15 is 0 Å². The Morgan fingerprint density at radius 2 is 1.77 bits per heavy atom. The number of para-hydroxylation sites is 1. The molecule has 0 bridgehead atoms. The van der Waals surface area contributed by atoms with Crippen molar-refractivity contribution in [3.8, 4) is 5.69 Å². The topological polar surface area (TPSA) is 70.7 Å². The lowest BCUT2D eigenvalue weighted by Crippen LogP contribution is -2.15. The van der Waals surface area contributed by atoms with E-state index in [9.17, 15) is 9.59 Å². The van der Waals surface area contributed by atoms with E-state index in [-0.39, 0.29) is 0 Å². The molecular formula is C8H7N3O2. The molecule has 0 saturated heterocycles. The van der Waals surface area contributed by atoms with Crippen LogP contribution in [0.4, 0.5) is 0 Å². The van der Waals surface area contributed by atoms with E-state index in [2.05, 4.69) is 10.1 Å². The molecule has 0 aliphatic heterocycles. The van der Waals surface area contributed by atoms with Gasteiger partial charge in [-0.2, -0.15) is 0 Å². The van der Waals surface area contributed by atoms with Crippen molar-refractivity contribution in [2.45, 2.75) is 0 Å². The number of aromatic amines is 2. The number of H-pyrrole nitrogens is 2. The fourth-order valence-electron chi connectivity index (χ4n) is 1.09. The Bertz CT molecular complexity index is 506. The largest absolute Gasteiger partial charge is 0.349 e. The average molecular weight is 177 g/mol. The second kappa shape index (κ2) is 2.78. The first-order valence-electron chi connectivity index (χ1n) is 3.74. The van der Waals surface area contributed by atoms with Gasteiger partial charge in [0.15, 0.2) is 0 Å². The summed E-state index contributed by atoms with van der Waals surface area (Å²) in [4.78, 5) is 24.0. The molecule has 0 aliphatic carbocycles. The van der Waals surface area contributed by atoms with Gasteiger partial charge in [-0.15, -0.1) is 0 Å². The van der Waals surface area contributed by atoms with Gasteiger partial charge in [0.2, 0.25) is 0 Å². The number of nitrogens with zero attached hydrogens (tertiary/aromatic N) is 1. The Morgan fingerprint density at radius 3 is 2.31 bits per heavy atom. The minimum Gasteiger partial charge on any atom is -0.256 e. The molecule has 13 heavy (non-hydrogen) atoms. The van der Waals surface area contributed by atoms with E-state index in [1.165, 1.54) is 0 Å². The minimum absolute atomic E-state index is 0.462. The van der Waals surface area contributed by atoms with Crippen molar-refractivity contribution in [3.05, 3.63) is 51.3 Å². The smallest absolute Gasteiger partial charge is 0.256 e. The SMILES string of the molecule is O=c1[nH]c(=O)n(-c2ccccc2)[nH]1. The molecule has 1 heterocycles. The predicted molar refractivity (Wildman–Crippen MR) is 47.0 cm³/mol. The normalized spacial score (nSPS) is 10.2. The highest BCUT2D eigenvalue weighted by atomic mass is 16.2. The van der Waals surface area contributed by atoms with Crippen LogP contribution in [0.2, 0.25) is 0 Å². The van der Waals surface area contributed by atoms with Crippen LogP contribution in [0.25, 0.3) is 5.69 Å². The Labute approximate surface area is 72.6 Å². The fraction of sp³-hybridized carbons (Fsp3) is 0. The van der Waals surface area contributed by atoms with Gasteiger partial charge in [-0.3, -0.25) is 4.98 Å². The number of rotatable bonds is 1. The molecule has 2 rings (SSSR count). The van der Waals surface area contributed by atoms with Gasteiger partial charge in [-0.25, -0.2) is 19.4 Å². The van der Waals surface area contributed by atoms with Crippen molar-refractivity contribution in [2.75, 3.05) is 0 Å². The van der Waals surface area contributed by atoms with Crippen molar-refractivity contribution >= 4 is 0 Å². The van der Waals surface area contributed by atoms with Gasteiger partial charge in [0.1, 0.15) is 0 Å². The first-order chi connectivity index (χ1) is 6.27. The molecule has 0 unspecified atom stereocenters. The third-order valence-electron chi connectivity index (χ3n) is 1.65. The van der Waals surface area contributed by atoms with Crippen LogP contribution in [0.3, 0.4) is 0 Å². The predicted octanol–water partition coefficient (Wildman–Crippen LogP) is -0.146. The molecule has 0 radical (unpaired) electrons. The fourth-order valence-corrected chi connectivity index (χ4v) is 1.09. The van der Waals surface area contributed by atoms with Gasteiger partial charge in [0.25, 0.3) is 0 Å². The molecule has 0 saturated carbocycles. The molecule has 0 spiro atoms. The van der Waals surface area contributed by atoms with Crippen molar-refractivity contribution in [3.63, 3.8) is 0 Å². The van der Waals surface area contributed by atoms with Crippen molar-refractivity contribution in [1.82, 2.24) is 14.8 Å². The van der Waals surface area contributed by atoms with Gasteiger partial charge >= 0.3 is 11.4 Å². The van der Waals surface area contributed by atoms with Crippen molar-refractivity contribution in [1.29, 1.82) is 0 Å². The van der Waals surface area contributed by atoms with Gasteiger partial charge in [0.05, 0.1) is 5.69 Å². The minimum atomic E-state index is -0.506. The third kappa shape index (κ3) is 1.31. The lowest BCUT2D eigenvalue weighted by molar-refractivity contribution is 0.834. The Kier molecular flexibility index (Phi) is 1.63. The number of benzene rings is 1. The van der Waals surface area contributed by atoms with Crippen LogP contribution in [0.5, 0.6) is 0 Å². The molecule has 5 nitrogen and oxygen atoms in total. The Balaban J connectivity index is 2.66. The van der Waals surface area contributed by atoms with Gasteiger partial charge < -0.3 is 0 Å². The summed E-state index contributed by atoms with van der Waals surface area (Å²) in [5, 5.41) is 2.35. The number of aromatic nitrogens is 3. The van der Waals surface area contributed by atoms with E-state index < -0.39 is 11.4 Å². The highest BCUT2D eigenvalue weighted by Gasteiger charge is 2.00. The summed E-state index contributed by atoms with van der Waals surface area (Å²) < 4.78 is 1.16. The van der Waals surface area contributed by atoms with Gasteiger partial charge in [-0.1, -0.05) is 18.2 Å². The summed E-state index contributed by atoms with van der Waals surface area (Å²) in [6, 6.07) is 8.86. The van der Waals surface area contributed by atoms with Gasteiger partial charge in [-0.05, 0) is 12.1 Å². The molecule has 0 fully saturated rings. The van der Waals surface area contributed by atoms with Crippen LogP contribution in [-0.2, 0) is 0 Å². The highest BCUT2D eigenvalue weighted by Crippen LogP contribution is 1.99. The monoisotopic (exact) mass is 177 g/mol. The first-order valence-corrected chi connectivity index (χ1v) is 3.74. The van der Waals surface area contributed by atoms with E-state index in [4.69, 9.17) is 0 Å².